The molecule has 0 spiro atoms. The smallest absolute Gasteiger partial charge is 0.336 e. The fraction of sp³-hybridized carbons (Fsp3) is 0.762. The van der Waals surface area contributed by atoms with Gasteiger partial charge in [0.05, 0.1) is 31.2 Å². The summed E-state index contributed by atoms with van der Waals surface area (Å²) < 4.78 is 32.0. The van der Waals surface area contributed by atoms with Crippen molar-refractivity contribution in [3.8, 4) is 0 Å². The lowest BCUT2D eigenvalue weighted by molar-refractivity contribution is -0.217. The third kappa shape index (κ3) is 8.22. The van der Waals surface area contributed by atoms with Gasteiger partial charge in [-0.15, -0.1) is 0 Å². The van der Waals surface area contributed by atoms with E-state index in [1.807, 2.05) is 0 Å². The van der Waals surface area contributed by atoms with Crippen LogP contribution in [0.25, 0.3) is 0 Å². The highest BCUT2D eigenvalue weighted by Crippen LogP contribution is 2.33. The van der Waals surface area contributed by atoms with Gasteiger partial charge in [-0.25, -0.2) is 4.79 Å². The van der Waals surface area contributed by atoms with Crippen LogP contribution in [0.3, 0.4) is 0 Å². The molecule has 0 aromatic carbocycles. The van der Waals surface area contributed by atoms with Gasteiger partial charge in [-0.2, -0.15) is 0 Å². The molecule has 1 fully saturated rings. The van der Waals surface area contributed by atoms with Gasteiger partial charge in [0.2, 0.25) is 0 Å². The Hall–Kier alpha value is -2.77. The minimum absolute atomic E-state index is 0.334. The largest absolute Gasteiger partial charge is 0.467 e. The predicted molar refractivity (Wildman–Crippen MR) is 114 cm³/mol. The Balaban J connectivity index is 3.59. The van der Waals surface area contributed by atoms with Crippen LogP contribution in [-0.2, 0) is 52.4 Å². The van der Waals surface area contributed by atoms with Gasteiger partial charge in [-0.05, 0) is 14.1 Å². The van der Waals surface area contributed by atoms with Crippen molar-refractivity contribution in [2.75, 3.05) is 34.4 Å². The number of nitrogens with two attached hydrogens (primary N) is 1. The topological polar surface area (TPSA) is 170 Å². The van der Waals surface area contributed by atoms with Crippen LogP contribution >= 0.6 is 0 Å². The Kier molecular flexibility index (Phi) is 11.4. The van der Waals surface area contributed by atoms with E-state index >= 15 is 0 Å². The Bertz CT molecular complexity index is 757. The van der Waals surface area contributed by atoms with Crippen molar-refractivity contribution >= 4 is 29.8 Å². The second-order valence-corrected chi connectivity index (χ2v) is 8.07. The lowest BCUT2D eigenvalue weighted by atomic mass is 9.82. The molecule has 7 atom stereocenters. The van der Waals surface area contributed by atoms with Crippen molar-refractivity contribution in [2.24, 2.45) is 11.7 Å². The second-order valence-electron chi connectivity index (χ2n) is 8.07. The summed E-state index contributed by atoms with van der Waals surface area (Å²) in [5.74, 6) is -4.39. The van der Waals surface area contributed by atoms with E-state index in [0.29, 0.717) is 0 Å². The van der Waals surface area contributed by atoms with Crippen LogP contribution in [0.1, 0.15) is 27.7 Å². The van der Waals surface area contributed by atoms with Crippen LogP contribution in [0.2, 0.25) is 0 Å². The predicted octanol–water partition coefficient (Wildman–Crippen LogP) is -1.21. The monoisotopic (exact) mass is 490 g/mol. The van der Waals surface area contributed by atoms with E-state index in [4.69, 9.17) is 34.2 Å². The van der Waals surface area contributed by atoms with Gasteiger partial charge >= 0.3 is 29.8 Å². The summed E-state index contributed by atoms with van der Waals surface area (Å²) in [5.41, 5.74) is 6.25. The summed E-state index contributed by atoms with van der Waals surface area (Å²) in [4.78, 5) is 60.9. The first kappa shape index (κ1) is 29.3. The molecule has 0 aromatic heterocycles. The average Bonchev–Trinajstić information content (AvgIpc) is 2.71. The van der Waals surface area contributed by atoms with Crippen molar-refractivity contribution in [3.05, 3.63) is 0 Å². The summed E-state index contributed by atoms with van der Waals surface area (Å²) >= 11 is 0. The zero-order valence-electron chi connectivity index (χ0n) is 20.5. The number of nitrogens with zero attached hydrogens (tertiary/aromatic N) is 1. The molecular weight excluding hydrogens is 456 g/mol. The molecule has 13 nitrogen and oxygen atoms in total. The van der Waals surface area contributed by atoms with Gasteiger partial charge in [0.25, 0.3) is 0 Å². The first-order valence-corrected chi connectivity index (χ1v) is 10.6. The van der Waals surface area contributed by atoms with Gasteiger partial charge in [-0.1, -0.05) is 0 Å². The number of carbonyl (C=O) groups excluding carboxylic acids is 5. The Morgan fingerprint density at radius 3 is 1.91 bits per heavy atom. The normalized spacial score (nSPS) is 26.1. The number of rotatable bonds is 10. The number of methoxy groups -OCH3 is 1. The van der Waals surface area contributed by atoms with E-state index in [2.05, 4.69) is 0 Å². The number of hydrogen-bond donors (Lipinski definition) is 1. The van der Waals surface area contributed by atoms with Crippen LogP contribution in [0.4, 0.5) is 0 Å². The van der Waals surface area contributed by atoms with E-state index in [0.717, 1.165) is 14.0 Å². The fourth-order valence-corrected chi connectivity index (χ4v) is 3.82. The molecular formula is C21H34N2O11. The maximum atomic E-state index is 12.5. The highest BCUT2D eigenvalue weighted by Gasteiger charge is 2.54. The van der Waals surface area contributed by atoms with Gasteiger partial charge in [0.15, 0.2) is 6.10 Å². The number of likely N-dealkylation sites (N-methyl/N-ethyl adjacent to an activating group) is 1. The van der Waals surface area contributed by atoms with E-state index in [9.17, 15) is 24.0 Å². The fourth-order valence-electron chi connectivity index (χ4n) is 3.82. The first-order chi connectivity index (χ1) is 15.8. The summed E-state index contributed by atoms with van der Waals surface area (Å²) in [6.45, 7) is 3.99. The van der Waals surface area contributed by atoms with Crippen LogP contribution < -0.4 is 5.73 Å². The van der Waals surface area contributed by atoms with Crippen molar-refractivity contribution in [2.45, 2.75) is 64.2 Å². The molecule has 194 valence electrons. The Morgan fingerprint density at radius 2 is 1.47 bits per heavy atom. The summed E-state index contributed by atoms with van der Waals surface area (Å²) in [6, 6.07) is -1.88. The Labute approximate surface area is 198 Å². The third-order valence-corrected chi connectivity index (χ3v) is 5.18. The molecule has 1 saturated heterocycles. The lowest BCUT2D eigenvalue weighted by Gasteiger charge is -2.49. The van der Waals surface area contributed by atoms with E-state index in [1.54, 1.807) is 19.0 Å². The third-order valence-electron chi connectivity index (χ3n) is 5.18. The molecule has 0 amide bonds. The SMILES string of the molecule is COC(=O)C1OC(C(COC(C)=O)C(COC(C)=O)OC(C)=O)C(N(C)C)C(OC(C)=O)C1N. The highest BCUT2D eigenvalue weighted by molar-refractivity contribution is 5.76. The van der Waals surface area contributed by atoms with Crippen molar-refractivity contribution in [1.29, 1.82) is 0 Å². The molecule has 13 heteroatoms. The number of carbonyl (C=O) groups is 5. The highest BCUT2D eigenvalue weighted by atomic mass is 16.6. The summed E-state index contributed by atoms with van der Waals surface area (Å²) in [6.07, 6.45) is -4.61. The van der Waals surface area contributed by atoms with Gasteiger partial charge in [0, 0.05) is 27.7 Å². The van der Waals surface area contributed by atoms with E-state index < -0.39 is 72.3 Å². The number of esters is 5. The minimum atomic E-state index is -1.36. The summed E-state index contributed by atoms with van der Waals surface area (Å²) in [5, 5.41) is 0. The van der Waals surface area contributed by atoms with Gasteiger partial charge in [0.1, 0.15) is 25.4 Å². The van der Waals surface area contributed by atoms with Crippen LogP contribution in [0, 0.1) is 5.92 Å². The van der Waals surface area contributed by atoms with Crippen LogP contribution in [0.15, 0.2) is 0 Å². The molecule has 1 rings (SSSR count). The first-order valence-electron chi connectivity index (χ1n) is 10.6. The quantitative estimate of drug-likeness (QED) is 0.286. The molecule has 1 aliphatic heterocycles. The molecule has 2 N–H and O–H groups in total. The Morgan fingerprint density at radius 1 is 0.912 bits per heavy atom. The lowest BCUT2D eigenvalue weighted by Crippen LogP contribution is -2.70. The zero-order valence-corrected chi connectivity index (χ0v) is 20.5. The number of hydrogen-bond acceptors (Lipinski definition) is 13. The van der Waals surface area contributed by atoms with Crippen molar-refractivity contribution in [3.63, 3.8) is 0 Å². The standard InChI is InChI=1S/C21H34N2O11/c1-10(24)30-8-14(15(32-12(3)26)9-31-11(2)25)18-17(23(5)6)19(33-13(4)27)16(22)20(34-18)21(28)29-7/h14-20H,8-9,22H2,1-7H3. The average molecular weight is 491 g/mol. The molecule has 34 heavy (non-hydrogen) atoms. The summed E-state index contributed by atoms with van der Waals surface area (Å²) in [7, 11) is 4.47. The molecule has 0 aromatic rings. The molecule has 1 aliphatic rings. The molecule has 0 radical (unpaired) electrons. The zero-order chi connectivity index (χ0) is 26.2. The minimum Gasteiger partial charge on any atom is -0.467 e. The molecule has 1 heterocycles. The van der Waals surface area contributed by atoms with Gasteiger partial charge < -0.3 is 39.1 Å². The van der Waals surface area contributed by atoms with E-state index in [-0.39, 0.29) is 13.2 Å². The second kappa shape index (κ2) is 13.2. The molecule has 0 saturated carbocycles. The molecule has 0 bridgehead atoms. The van der Waals surface area contributed by atoms with Crippen LogP contribution in [-0.4, -0.2) is 106 Å². The van der Waals surface area contributed by atoms with Crippen LogP contribution in [0.5, 0.6) is 0 Å². The van der Waals surface area contributed by atoms with Crippen molar-refractivity contribution < 1.29 is 52.4 Å². The van der Waals surface area contributed by atoms with Gasteiger partial charge in [-0.3, -0.25) is 19.2 Å². The van der Waals surface area contributed by atoms with E-state index in [1.165, 1.54) is 20.8 Å². The maximum absolute atomic E-state index is 12.5. The maximum Gasteiger partial charge on any atom is 0.336 e. The number of ether oxygens (including phenoxy) is 6. The van der Waals surface area contributed by atoms with Crippen molar-refractivity contribution in [1.82, 2.24) is 4.90 Å². The molecule has 7 unspecified atom stereocenters. The molecule has 0 aliphatic carbocycles.